The molecule has 0 radical (unpaired) electrons. The van der Waals surface area contributed by atoms with Gasteiger partial charge in [-0.1, -0.05) is 0 Å². The minimum atomic E-state index is 0.0881. The predicted octanol–water partition coefficient (Wildman–Crippen LogP) is 2.86. The van der Waals surface area contributed by atoms with Crippen LogP contribution in [0.25, 0.3) is 0 Å². The summed E-state index contributed by atoms with van der Waals surface area (Å²) >= 11 is 0.176. The van der Waals surface area contributed by atoms with Crippen LogP contribution in [0.1, 0.15) is 13.8 Å². The molecule has 0 unspecified atom stereocenters. The van der Waals surface area contributed by atoms with Crippen molar-refractivity contribution in [2.45, 2.75) is 33.9 Å². The molecule has 8 heavy (non-hydrogen) atoms. The van der Waals surface area contributed by atoms with Crippen molar-refractivity contribution < 1.29 is 34.3 Å². The van der Waals surface area contributed by atoms with E-state index in [0.717, 1.165) is 0 Å². The molecule has 2 heteroatoms. The quantitative estimate of drug-likeness (QED) is 0.490. The first-order valence-electron chi connectivity index (χ1n) is 3.91. The summed E-state index contributed by atoms with van der Waals surface area (Å²) in [6.45, 7) is 4.72. The second kappa shape index (κ2) is 8.25. The van der Waals surface area contributed by atoms with Crippen LogP contribution < -0.4 is 0 Å². The van der Waals surface area contributed by atoms with Crippen LogP contribution in [0.2, 0.25) is 20.1 Å². The van der Waals surface area contributed by atoms with Crippen LogP contribution >= 0.6 is 0 Å². The monoisotopic (exact) mass is 214 g/mol. The zero-order valence-electron chi connectivity index (χ0n) is 6.24. The van der Waals surface area contributed by atoms with E-state index in [2.05, 4.69) is 13.8 Å². The minimum absolute atomic E-state index is 0.0881. The third-order valence-electron chi connectivity index (χ3n) is 1.46. The summed E-state index contributed by atoms with van der Waals surface area (Å²) in [6.07, 6.45) is 0. The van der Waals surface area contributed by atoms with E-state index < -0.39 is 0 Å². The fourth-order valence-corrected chi connectivity index (χ4v) is 12.1. The van der Waals surface area contributed by atoms with Gasteiger partial charge in [0.05, 0.1) is 0 Å². The molecule has 0 spiro atoms. The van der Waals surface area contributed by atoms with E-state index in [9.17, 15) is 0 Å². The molecule has 42 valence electrons. The summed E-state index contributed by atoms with van der Waals surface area (Å²) in [6, 6.07) is 0. The molecule has 0 saturated carbocycles. The summed E-state index contributed by atoms with van der Waals surface area (Å²) in [5, 5.41) is 6.60. The third kappa shape index (κ3) is 7.25. The van der Waals surface area contributed by atoms with Crippen molar-refractivity contribution in [3.63, 3.8) is 0 Å². The van der Waals surface area contributed by atoms with E-state index in [4.69, 9.17) is 0 Å². The van der Waals surface area contributed by atoms with Crippen LogP contribution in [0, 0.1) is 0 Å². The molecule has 0 heterocycles. The molecule has 0 fully saturated rings. The fourth-order valence-electron chi connectivity index (χ4n) is 0.854. The Kier molecular flexibility index (Phi) is 9.53. The molecule has 0 aliphatic rings. The molecule has 0 aliphatic carbocycles. The van der Waals surface area contributed by atoms with Gasteiger partial charge < -0.3 is 0 Å². The van der Waals surface area contributed by atoms with Gasteiger partial charge in [0.25, 0.3) is 0 Å². The Morgan fingerprint density at radius 1 is 0.875 bits per heavy atom. The molecule has 0 N–H and O–H groups in total. The van der Waals surface area contributed by atoms with Crippen LogP contribution in [0.5, 0.6) is 0 Å². The van der Waals surface area contributed by atoms with E-state index in [-0.39, 0.29) is 34.3 Å². The van der Waals surface area contributed by atoms with E-state index in [1.54, 1.807) is 20.1 Å². The van der Waals surface area contributed by atoms with Gasteiger partial charge in [0.2, 0.25) is 0 Å². The first-order chi connectivity index (χ1) is 3.91. The van der Waals surface area contributed by atoms with Crippen molar-refractivity contribution in [1.82, 2.24) is 0 Å². The van der Waals surface area contributed by atoms with Crippen LogP contribution in [0.4, 0.5) is 0 Å². The molecule has 0 aromatic heterocycles. The van der Waals surface area contributed by atoms with Crippen molar-refractivity contribution in [1.29, 1.82) is 0 Å². The number of hydrogen-bond donors (Lipinski definition) is 0. The molecule has 0 atom stereocenters. The zero-order chi connectivity index (χ0) is 6.24. The average molecular weight is 217 g/mol. The zero-order valence-corrected chi connectivity index (χ0v) is 12.2. The number of hydrogen-bond acceptors (Lipinski definition) is 0. The van der Waals surface area contributed by atoms with Crippen LogP contribution in [0.3, 0.4) is 0 Å². The van der Waals surface area contributed by atoms with Crippen LogP contribution in [0.15, 0.2) is 0 Å². The maximum atomic E-state index is 2.36. The predicted molar refractivity (Wildman–Crippen MR) is 30.6 cm³/mol. The number of rotatable bonds is 5. The fraction of sp³-hybridized carbons (Fsp3) is 1.00. The summed E-state index contributed by atoms with van der Waals surface area (Å²) < 4.78 is 0. The van der Waals surface area contributed by atoms with Gasteiger partial charge in [0.1, 0.15) is 0 Å². The molecule has 0 bridgehead atoms. The van der Waals surface area contributed by atoms with Crippen molar-refractivity contribution in [3.8, 4) is 0 Å². The van der Waals surface area contributed by atoms with Crippen LogP contribution in [-0.2, 0) is 34.3 Å². The van der Waals surface area contributed by atoms with Gasteiger partial charge in [-0.25, -0.2) is 0 Å². The molecule has 0 aromatic carbocycles. The second-order valence-electron chi connectivity index (χ2n) is 2.41. The molecule has 0 saturated heterocycles. The molecular weight excluding hydrogens is 203 g/mol. The van der Waals surface area contributed by atoms with E-state index >= 15 is 0 Å². The SMILES string of the molecule is C[CH2][Zn][CH2][CH2][Zn][CH2]C. The van der Waals surface area contributed by atoms with Crippen molar-refractivity contribution in [2.24, 2.45) is 0 Å². The topological polar surface area (TPSA) is 0 Å². The molecule has 0 aliphatic heterocycles. The van der Waals surface area contributed by atoms with Crippen LogP contribution in [-0.4, -0.2) is 0 Å². The van der Waals surface area contributed by atoms with E-state index in [0.29, 0.717) is 0 Å². The Morgan fingerprint density at radius 2 is 1.25 bits per heavy atom. The normalized spacial score (nSPS) is 7.75. The third-order valence-corrected chi connectivity index (χ3v) is 13.0. The summed E-state index contributed by atoms with van der Waals surface area (Å²) in [5.74, 6) is 0. The average Bonchev–Trinajstić information content (AvgIpc) is 1.81. The van der Waals surface area contributed by atoms with Gasteiger partial charge in [0, 0.05) is 0 Å². The molecule has 0 nitrogen and oxygen atoms in total. The van der Waals surface area contributed by atoms with Gasteiger partial charge in [0.15, 0.2) is 0 Å². The van der Waals surface area contributed by atoms with Gasteiger partial charge in [-0.3, -0.25) is 0 Å². The van der Waals surface area contributed by atoms with E-state index in [1.807, 2.05) is 0 Å². The Morgan fingerprint density at radius 3 is 1.50 bits per heavy atom. The van der Waals surface area contributed by atoms with E-state index in [1.165, 1.54) is 0 Å². The Balaban J connectivity index is 2.53. The van der Waals surface area contributed by atoms with Crippen molar-refractivity contribution in [2.75, 3.05) is 0 Å². The Labute approximate surface area is 68.0 Å². The summed E-state index contributed by atoms with van der Waals surface area (Å²) in [5.41, 5.74) is 0. The van der Waals surface area contributed by atoms with Gasteiger partial charge in [-0.15, -0.1) is 0 Å². The molecule has 0 amide bonds. The Hall–Kier alpha value is 1.25. The van der Waals surface area contributed by atoms with Crippen molar-refractivity contribution >= 4 is 0 Å². The molecule has 0 aromatic rings. The maximum absolute atomic E-state index is 2.36. The van der Waals surface area contributed by atoms with Gasteiger partial charge in [-0.05, 0) is 0 Å². The second-order valence-corrected chi connectivity index (χ2v) is 12.5. The summed E-state index contributed by atoms with van der Waals surface area (Å²) in [7, 11) is 0. The first-order valence-corrected chi connectivity index (χ1v) is 12.3. The Bertz CT molecular complexity index is 31.5. The van der Waals surface area contributed by atoms with Crippen molar-refractivity contribution in [3.05, 3.63) is 0 Å². The molecule has 0 rings (SSSR count). The first kappa shape index (κ1) is 9.25. The standard InChI is InChI=1S/2C2H5.C2H4.2Zn/c3*1-2;;/h2*1H2,2H3;1-2H2;;. The van der Waals surface area contributed by atoms with Gasteiger partial charge >= 0.3 is 68.2 Å². The van der Waals surface area contributed by atoms with Gasteiger partial charge in [-0.2, -0.15) is 0 Å². The molecular formula is C6H14Zn2. The summed E-state index contributed by atoms with van der Waals surface area (Å²) in [4.78, 5) is 0.